The van der Waals surface area contributed by atoms with E-state index in [1.54, 1.807) is 45.3 Å². The fourth-order valence-corrected chi connectivity index (χ4v) is 18.1. The summed E-state index contributed by atoms with van der Waals surface area (Å²) in [7, 11) is 0. The molecule has 1 unspecified atom stereocenters. The lowest BCUT2D eigenvalue weighted by Crippen LogP contribution is -2.06. The van der Waals surface area contributed by atoms with Crippen LogP contribution in [0.4, 0.5) is 0 Å². The number of fused-ring (bicyclic) bond motifs is 4. The summed E-state index contributed by atoms with van der Waals surface area (Å²) in [5, 5.41) is 71.0. The second-order valence-electron chi connectivity index (χ2n) is 28.4. The molecule has 0 saturated heterocycles. The number of hydrogen-bond donors (Lipinski definition) is 0. The van der Waals surface area contributed by atoms with E-state index in [4.69, 9.17) is 23.7 Å². The molecular formula is C88H87N11O5S4. The Kier molecular flexibility index (Phi) is 23.9. The Morgan fingerprint density at radius 3 is 0.843 bits per heavy atom. The summed E-state index contributed by atoms with van der Waals surface area (Å²) in [6.45, 7) is 26.0. The predicted octanol–water partition coefficient (Wildman–Crippen LogP) is 22.5. The zero-order valence-electron chi connectivity index (χ0n) is 63.1. The maximum Gasteiger partial charge on any atom is 0.161 e. The topological polar surface area (TPSA) is 221 Å². The molecule has 0 N–H and O–H groups in total. The molecule has 20 heteroatoms. The largest absolute Gasteiger partial charge is 0.490 e. The molecule has 0 bridgehead atoms. The van der Waals surface area contributed by atoms with Gasteiger partial charge >= 0.3 is 0 Å². The van der Waals surface area contributed by atoms with Gasteiger partial charge in [0.25, 0.3) is 0 Å². The number of aromatic nitrogens is 8. The van der Waals surface area contributed by atoms with Crippen molar-refractivity contribution in [3.63, 3.8) is 0 Å². The van der Waals surface area contributed by atoms with E-state index in [1.807, 2.05) is 128 Å². The van der Waals surface area contributed by atoms with Gasteiger partial charge in [-0.2, -0.15) is 15.8 Å². The zero-order chi connectivity index (χ0) is 75.7. The van der Waals surface area contributed by atoms with Gasteiger partial charge < -0.3 is 23.7 Å². The Morgan fingerprint density at radius 1 is 0.333 bits per heavy atom. The normalized spacial score (nSPS) is 15.6. The predicted molar refractivity (Wildman–Crippen MR) is 434 cm³/mol. The summed E-state index contributed by atoms with van der Waals surface area (Å²) in [5.74, 6) is 5.80. The second kappa shape index (κ2) is 34.1. The van der Waals surface area contributed by atoms with E-state index in [9.17, 15) is 15.8 Å². The lowest BCUT2D eigenvalue weighted by Gasteiger charge is -2.11. The first-order chi connectivity index (χ1) is 52.4. The molecule has 4 atom stereocenters. The van der Waals surface area contributed by atoms with Gasteiger partial charge in [0.05, 0.1) is 48.2 Å². The first-order valence-corrected chi connectivity index (χ1v) is 40.5. The van der Waals surface area contributed by atoms with Gasteiger partial charge in [0, 0.05) is 44.5 Å². The van der Waals surface area contributed by atoms with E-state index in [2.05, 4.69) is 159 Å². The van der Waals surface area contributed by atoms with Gasteiger partial charge in [-0.3, -0.25) is 0 Å². The van der Waals surface area contributed by atoms with Crippen molar-refractivity contribution < 1.29 is 23.7 Å². The average Bonchev–Trinajstić information content (AvgIpc) is 1.65. The molecular weight excluding hydrogens is 1420 g/mol. The molecule has 0 spiro atoms. The first kappa shape index (κ1) is 75.7. The third-order valence-electron chi connectivity index (χ3n) is 19.8. The fourth-order valence-electron chi connectivity index (χ4n) is 14.5. The van der Waals surface area contributed by atoms with E-state index in [0.717, 1.165) is 99.5 Å². The van der Waals surface area contributed by atoms with Crippen molar-refractivity contribution in [1.82, 2.24) is 40.8 Å². The Morgan fingerprint density at radius 2 is 0.583 bits per heavy atom. The summed E-state index contributed by atoms with van der Waals surface area (Å²) in [6, 6.07) is 55.5. The molecule has 16 rings (SSSR count). The minimum absolute atomic E-state index is 0.0265. The van der Waals surface area contributed by atoms with Gasteiger partial charge in [-0.05, 0) is 248 Å². The Bertz CT molecular complexity index is 4960. The first-order valence-electron chi connectivity index (χ1n) is 37.3. The van der Waals surface area contributed by atoms with Crippen LogP contribution in [0, 0.1) is 34.0 Å². The van der Waals surface area contributed by atoms with Crippen molar-refractivity contribution >= 4 is 45.3 Å². The van der Waals surface area contributed by atoms with Crippen LogP contribution in [0.1, 0.15) is 194 Å². The van der Waals surface area contributed by atoms with E-state index in [0.29, 0.717) is 70.8 Å². The van der Waals surface area contributed by atoms with Gasteiger partial charge in [-0.25, -0.2) is 0 Å². The number of nitriles is 3. The highest BCUT2D eigenvalue weighted by Crippen LogP contribution is 2.46. The highest BCUT2D eigenvalue weighted by Gasteiger charge is 2.29. The summed E-state index contributed by atoms with van der Waals surface area (Å²) in [6.07, 6.45) is 9.30. The van der Waals surface area contributed by atoms with Gasteiger partial charge in [0.1, 0.15) is 75.5 Å². The van der Waals surface area contributed by atoms with Crippen molar-refractivity contribution in [2.24, 2.45) is 0 Å². The Labute approximate surface area is 649 Å². The summed E-state index contributed by atoms with van der Waals surface area (Å²) >= 11 is 6.35. The van der Waals surface area contributed by atoms with Crippen LogP contribution in [0.15, 0.2) is 146 Å². The molecule has 4 aliphatic carbocycles. The SMILES string of the molecule is CC(C)Oc1ccc(-c2nnc(-c3cccc4c3CC[C@@H]4C)s2)cc1C#N.CC(C)Oc1ccc(-c2nnc(-c3cccc4c3CC[C@@H]4C)s2)cc1C#N.CC(C)Oc1ccc(-c2nnc(-c3cccc4c3CC[C@H]4C)s2)cc1C#N.CCOc1ccc(-c2nnc(-c3cccc4c3CCC4C)s2)cc1OCC. The minimum Gasteiger partial charge on any atom is -0.490 e. The van der Waals surface area contributed by atoms with Crippen LogP contribution in [0.5, 0.6) is 28.7 Å². The third-order valence-corrected chi connectivity index (χ3v) is 23.8. The molecule has 0 fully saturated rings. The van der Waals surface area contributed by atoms with Crippen LogP contribution in [0.25, 0.3) is 84.6 Å². The van der Waals surface area contributed by atoms with Crippen molar-refractivity contribution in [1.29, 1.82) is 15.8 Å². The van der Waals surface area contributed by atoms with Gasteiger partial charge in [0.2, 0.25) is 0 Å². The molecule has 548 valence electrons. The number of hydrogen-bond acceptors (Lipinski definition) is 20. The monoisotopic (exact) mass is 1510 g/mol. The van der Waals surface area contributed by atoms with Crippen molar-refractivity contribution in [2.75, 3.05) is 13.2 Å². The quantitative estimate of drug-likeness (QED) is 0.0779. The standard InChI is InChI=1S/3C22H21N3OS.C22H24N2O2S/c3*1-13(2)26-20-10-8-15(11-16(20)12-23)21-24-25-22(27-21)19-6-4-5-17-14(3)7-9-18(17)19;1-4-25-19-12-10-15(13-20(19)26-5-2)21-23-24-22(27-21)18-8-6-7-16-14(3)9-11-17(16)18/h3*4-6,8,10-11,13-14H,7,9H2,1-3H3;6-8,10,12-14H,4-5,9,11H2,1-3H3/t3*14-;/m100./s1. The minimum atomic E-state index is 0.0265. The molecule has 108 heavy (non-hydrogen) atoms. The van der Waals surface area contributed by atoms with Crippen LogP contribution in [0.2, 0.25) is 0 Å². The molecule has 16 nitrogen and oxygen atoms in total. The Balaban J connectivity index is 0.000000127. The van der Waals surface area contributed by atoms with Gasteiger partial charge in [-0.1, -0.05) is 146 Å². The van der Waals surface area contributed by atoms with E-state index >= 15 is 0 Å². The number of nitrogens with zero attached hydrogens (tertiary/aromatic N) is 11. The molecule has 4 heterocycles. The zero-order valence-corrected chi connectivity index (χ0v) is 66.3. The highest BCUT2D eigenvalue weighted by atomic mass is 32.1. The van der Waals surface area contributed by atoms with Crippen LogP contribution in [0.3, 0.4) is 0 Å². The number of benzene rings is 8. The molecule has 0 saturated carbocycles. The smallest absolute Gasteiger partial charge is 0.161 e. The number of rotatable bonds is 18. The molecule has 4 aromatic heterocycles. The summed E-state index contributed by atoms with van der Waals surface area (Å²) < 4.78 is 28.5. The average molecular weight is 1510 g/mol. The molecule has 4 aliphatic rings. The maximum absolute atomic E-state index is 9.45. The lowest BCUT2D eigenvalue weighted by atomic mass is 10.0. The van der Waals surface area contributed by atoms with Crippen molar-refractivity contribution in [2.45, 2.75) is 176 Å². The van der Waals surface area contributed by atoms with Crippen molar-refractivity contribution in [3.8, 4) is 132 Å². The van der Waals surface area contributed by atoms with E-state index in [1.165, 1.54) is 92.4 Å². The second-order valence-corrected chi connectivity index (χ2v) is 32.3. The summed E-state index contributed by atoms with van der Waals surface area (Å²) in [4.78, 5) is 0. The van der Waals surface area contributed by atoms with Crippen LogP contribution in [-0.2, 0) is 25.7 Å². The van der Waals surface area contributed by atoms with Crippen LogP contribution >= 0.6 is 45.3 Å². The number of ether oxygens (including phenoxy) is 5. The molecule has 0 amide bonds. The van der Waals surface area contributed by atoms with E-state index in [-0.39, 0.29) is 18.3 Å². The lowest BCUT2D eigenvalue weighted by molar-refractivity contribution is 0.241. The maximum atomic E-state index is 9.45. The van der Waals surface area contributed by atoms with Gasteiger partial charge in [-0.15, -0.1) is 40.8 Å². The summed E-state index contributed by atoms with van der Waals surface area (Å²) in [5.41, 5.74) is 21.5. The highest BCUT2D eigenvalue weighted by molar-refractivity contribution is 7.19. The fraction of sp³-hybridized carbons (Fsp3) is 0.330. The molecule has 0 radical (unpaired) electrons. The van der Waals surface area contributed by atoms with Crippen LogP contribution < -0.4 is 23.7 Å². The van der Waals surface area contributed by atoms with Crippen LogP contribution in [-0.4, -0.2) is 72.3 Å². The van der Waals surface area contributed by atoms with Gasteiger partial charge in [0.15, 0.2) is 11.5 Å². The third kappa shape index (κ3) is 16.8. The van der Waals surface area contributed by atoms with Crippen molar-refractivity contribution in [3.05, 3.63) is 207 Å². The molecule has 12 aromatic rings. The molecule has 8 aromatic carbocycles. The Hall–Kier alpha value is -10.5. The molecule has 0 aliphatic heterocycles. The van der Waals surface area contributed by atoms with E-state index < -0.39 is 0 Å².